The van der Waals surface area contributed by atoms with Crippen LogP contribution in [-0.2, 0) is 24.1 Å². The molecule has 4 rings (SSSR count). The predicted molar refractivity (Wildman–Crippen MR) is 147 cm³/mol. The lowest BCUT2D eigenvalue weighted by Crippen LogP contribution is -2.42. The van der Waals surface area contributed by atoms with Crippen LogP contribution >= 0.6 is 11.3 Å². The zero-order chi connectivity index (χ0) is 25.7. The Balaban J connectivity index is 1.25. The van der Waals surface area contributed by atoms with Crippen molar-refractivity contribution in [2.45, 2.75) is 57.0 Å². The topological polar surface area (TPSA) is 70.7 Å². The Kier molecular flexibility index (Phi) is 8.95. The first-order valence-corrected chi connectivity index (χ1v) is 14.2. The van der Waals surface area contributed by atoms with Gasteiger partial charge in [-0.2, -0.15) is 0 Å². The molecule has 1 saturated heterocycles. The number of hydrogen-bond donors (Lipinski definition) is 2. The minimum atomic E-state index is -1.17. The first-order chi connectivity index (χ1) is 17.3. The van der Waals surface area contributed by atoms with E-state index in [9.17, 15) is 9.00 Å². The number of methoxy groups -OCH3 is 1. The number of ether oxygens (including phenoxy) is 1. The summed E-state index contributed by atoms with van der Waals surface area (Å²) in [6, 6.07) is 15.9. The van der Waals surface area contributed by atoms with Gasteiger partial charge in [0.05, 0.1) is 13.7 Å². The standard InChI is InChI=1S/C28H35N3O3S2/c1-19-14-20(2)26(21(3)15-19)18-29-23-10-12-31(13-11-23)36(33)27-9-8-25(35-27)17-30-28(32)22-6-5-7-24(16-22)34-4/h5-9,14-16,23,29H,10-13,17-18H2,1-4H3,(H,30,32). The summed E-state index contributed by atoms with van der Waals surface area (Å²) in [5.41, 5.74) is 5.93. The van der Waals surface area contributed by atoms with Crippen molar-refractivity contribution in [3.63, 3.8) is 0 Å². The monoisotopic (exact) mass is 525 g/mol. The van der Waals surface area contributed by atoms with Crippen molar-refractivity contribution >= 4 is 28.2 Å². The molecule has 0 radical (unpaired) electrons. The Hall–Kier alpha value is -2.52. The Bertz CT molecular complexity index is 1210. The van der Waals surface area contributed by atoms with E-state index in [2.05, 4.69) is 47.8 Å². The molecule has 192 valence electrons. The van der Waals surface area contributed by atoms with Crippen LogP contribution in [0.2, 0.25) is 0 Å². The van der Waals surface area contributed by atoms with E-state index in [0.717, 1.165) is 41.6 Å². The second-order valence-corrected chi connectivity index (χ2v) is 12.2. The van der Waals surface area contributed by atoms with Gasteiger partial charge in [0.1, 0.15) is 20.9 Å². The third-order valence-electron chi connectivity index (χ3n) is 6.66. The minimum Gasteiger partial charge on any atom is -0.497 e. The maximum absolute atomic E-state index is 13.2. The zero-order valence-electron chi connectivity index (χ0n) is 21.4. The average molecular weight is 526 g/mol. The van der Waals surface area contributed by atoms with Crippen LogP contribution in [-0.4, -0.2) is 40.7 Å². The van der Waals surface area contributed by atoms with Crippen LogP contribution in [0.15, 0.2) is 52.7 Å². The number of aryl methyl sites for hydroxylation is 3. The third kappa shape index (κ3) is 6.62. The van der Waals surface area contributed by atoms with Crippen molar-refractivity contribution in [1.29, 1.82) is 0 Å². The number of benzene rings is 2. The highest BCUT2D eigenvalue weighted by atomic mass is 32.2. The van der Waals surface area contributed by atoms with Crippen molar-refractivity contribution in [2.75, 3.05) is 20.2 Å². The zero-order valence-corrected chi connectivity index (χ0v) is 23.1. The van der Waals surface area contributed by atoms with Crippen LogP contribution < -0.4 is 15.4 Å². The molecule has 0 aliphatic carbocycles. The summed E-state index contributed by atoms with van der Waals surface area (Å²) in [4.78, 5) is 13.4. The lowest BCUT2D eigenvalue weighted by Gasteiger charge is -2.31. The van der Waals surface area contributed by atoms with Crippen LogP contribution in [0.25, 0.3) is 0 Å². The Morgan fingerprint density at radius 1 is 1.06 bits per heavy atom. The van der Waals surface area contributed by atoms with Gasteiger partial charge in [-0.05, 0) is 80.6 Å². The first kappa shape index (κ1) is 26.5. The van der Waals surface area contributed by atoms with Crippen LogP contribution in [0.4, 0.5) is 0 Å². The smallest absolute Gasteiger partial charge is 0.251 e. The Morgan fingerprint density at radius 3 is 2.47 bits per heavy atom. The van der Waals surface area contributed by atoms with Gasteiger partial charge in [-0.15, -0.1) is 11.3 Å². The Labute approximate surface area is 220 Å². The van der Waals surface area contributed by atoms with Crippen molar-refractivity contribution in [3.8, 4) is 5.75 Å². The van der Waals surface area contributed by atoms with E-state index >= 15 is 0 Å². The van der Waals surface area contributed by atoms with Gasteiger partial charge in [0.15, 0.2) is 0 Å². The molecule has 1 aromatic heterocycles. The molecule has 1 aliphatic heterocycles. The fraction of sp³-hybridized carbons (Fsp3) is 0.393. The highest BCUT2D eigenvalue weighted by Crippen LogP contribution is 2.25. The van der Waals surface area contributed by atoms with Crippen molar-refractivity contribution in [3.05, 3.63) is 81.2 Å². The van der Waals surface area contributed by atoms with E-state index in [0.29, 0.717) is 23.9 Å². The SMILES string of the molecule is COc1cccc(C(=O)NCc2ccc(S(=O)N3CCC(NCc4c(C)cc(C)cc4C)CC3)s2)c1. The van der Waals surface area contributed by atoms with Gasteiger partial charge in [-0.3, -0.25) is 4.79 Å². The molecule has 0 bridgehead atoms. The molecule has 2 aromatic carbocycles. The fourth-order valence-electron chi connectivity index (χ4n) is 4.67. The van der Waals surface area contributed by atoms with Crippen molar-refractivity contribution < 1.29 is 13.7 Å². The molecule has 36 heavy (non-hydrogen) atoms. The molecule has 1 amide bonds. The highest BCUT2D eigenvalue weighted by molar-refractivity contribution is 7.85. The molecular formula is C28H35N3O3S2. The average Bonchev–Trinajstić information content (AvgIpc) is 3.35. The molecule has 0 spiro atoms. The quantitative estimate of drug-likeness (QED) is 0.417. The van der Waals surface area contributed by atoms with Crippen LogP contribution in [0, 0.1) is 20.8 Å². The Morgan fingerprint density at radius 2 is 1.78 bits per heavy atom. The second-order valence-electron chi connectivity index (χ2n) is 9.35. The summed E-state index contributed by atoms with van der Waals surface area (Å²) in [5, 5.41) is 6.66. The molecular weight excluding hydrogens is 490 g/mol. The maximum atomic E-state index is 13.2. The molecule has 2 heterocycles. The number of rotatable bonds is 9. The van der Waals surface area contributed by atoms with Gasteiger partial charge in [0.25, 0.3) is 5.91 Å². The van der Waals surface area contributed by atoms with Crippen LogP contribution in [0.1, 0.15) is 50.3 Å². The number of carbonyl (C=O) groups excluding carboxylic acids is 1. The number of thiophene rings is 1. The molecule has 3 aromatic rings. The molecule has 2 N–H and O–H groups in total. The number of amides is 1. The minimum absolute atomic E-state index is 0.157. The number of nitrogens with one attached hydrogen (secondary N) is 2. The summed E-state index contributed by atoms with van der Waals surface area (Å²) in [7, 11) is 0.406. The maximum Gasteiger partial charge on any atom is 0.251 e. The molecule has 1 unspecified atom stereocenters. The van der Waals surface area contributed by atoms with Crippen molar-refractivity contribution in [2.24, 2.45) is 0 Å². The number of piperidine rings is 1. The number of hydrogen-bond acceptors (Lipinski definition) is 5. The highest BCUT2D eigenvalue weighted by Gasteiger charge is 2.24. The molecule has 0 saturated carbocycles. The summed E-state index contributed by atoms with van der Waals surface area (Å²) in [6.07, 6.45) is 1.95. The fourth-order valence-corrected chi connectivity index (χ4v) is 7.25. The van der Waals surface area contributed by atoms with E-state index in [1.54, 1.807) is 25.3 Å². The molecule has 1 fully saturated rings. The van der Waals surface area contributed by atoms with Crippen LogP contribution in [0.5, 0.6) is 5.75 Å². The number of carbonyl (C=O) groups is 1. The summed E-state index contributed by atoms with van der Waals surface area (Å²) < 4.78 is 21.3. The largest absolute Gasteiger partial charge is 0.497 e. The normalized spacial score (nSPS) is 15.6. The van der Waals surface area contributed by atoms with Gasteiger partial charge in [0, 0.05) is 36.1 Å². The van der Waals surface area contributed by atoms with Gasteiger partial charge < -0.3 is 15.4 Å². The summed E-state index contributed by atoms with van der Waals surface area (Å²) >= 11 is 1.50. The van der Waals surface area contributed by atoms with E-state index < -0.39 is 11.0 Å². The molecule has 6 nitrogen and oxygen atoms in total. The van der Waals surface area contributed by atoms with Gasteiger partial charge in [-0.25, -0.2) is 8.51 Å². The van der Waals surface area contributed by atoms with E-state index in [-0.39, 0.29) is 5.91 Å². The van der Waals surface area contributed by atoms with Crippen LogP contribution in [0.3, 0.4) is 0 Å². The lowest BCUT2D eigenvalue weighted by molar-refractivity contribution is 0.0951. The number of nitrogens with zero attached hydrogens (tertiary/aromatic N) is 1. The van der Waals surface area contributed by atoms with Gasteiger partial charge >= 0.3 is 0 Å². The summed E-state index contributed by atoms with van der Waals surface area (Å²) in [6.45, 7) is 9.39. The summed E-state index contributed by atoms with van der Waals surface area (Å²) in [5.74, 6) is 0.492. The first-order valence-electron chi connectivity index (χ1n) is 12.3. The lowest BCUT2D eigenvalue weighted by atomic mass is 9.99. The van der Waals surface area contributed by atoms with Gasteiger partial charge in [-0.1, -0.05) is 23.8 Å². The van der Waals surface area contributed by atoms with Crippen molar-refractivity contribution in [1.82, 2.24) is 14.9 Å². The van der Waals surface area contributed by atoms with E-state index in [4.69, 9.17) is 4.74 Å². The van der Waals surface area contributed by atoms with E-state index in [1.165, 1.54) is 33.6 Å². The van der Waals surface area contributed by atoms with Gasteiger partial charge in [0.2, 0.25) is 0 Å². The molecule has 8 heteroatoms. The molecule has 1 aliphatic rings. The molecule has 1 atom stereocenters. The predicted octanol–water partition coefficient (Wildman–Crippen LogP) is 4.89. The second kappa shape index (κ2) is 12.1. The van der Waals surface area contributed by atoms with E-state index in [1.807, 2.05) is 18.2 Å². The third-order valence-corrected chi connectivity index (χ3v) is 9.53.